The lowest BCUT2D eigenvalue weighted by atomic mass is 10.3. The number of rotatable bonds is 4. The summed E-state index contributed by atoms with van der Waals surface area (Å²) in [4.78, 5) is 15.9. The molecule has 2 aromatic carbocycles. The average Bonchev–Trinajstić information content (AvgIpc) is 3.22. The molecule has 3 aromatic rings. The molecule has 1 amide bonds. The highest BCUT2D eigenvalue weighted by Gasteiger charge is 2.33. The van der Waals surface area contributed by atoms with E-state index in [2.05, 4.69) is 15.9 Å². The van der Waals surface area contributed by atoms with Gasteiger partial charge in [-0.1, -0.05) is 63.3 Å². The third kappa shape index (κ3) is 4.39. The molecule has 1 aliphatic rings. The van der Waals surface area contributed by atoms with E-state index in [0.717, 1.165) is 20.1 Å². The fourth-order valence-electron chi connectivity index (χ4n) is 2.50. The Hall–Kier alpha value is -1.51. The van der Waals surface area contributed by atoms with Crippen molar-refractivity contribution in [2.24, 2.45) is 0 Å². The predicted molar refractivity (Wildman–Crippen MR) is 124 cm³/mol. The van der Waals surface area contributed by atoms with E-state index in [-0.39, 0.29) is 5.91 Å². The first kappa shape index (κ1) is 19.8. The summed E-state index contributed by atoms with van der Waals surface area (Å²) in [5.74, 6) is 0.452. The maximum absolute atomic E-state index is 12.8. The monoisotopic (exact) mass is 507 g/mol. The Morgan fingerprint density at radius 2 is 1.79 bits per heavy atom. The highest BCUT2D eigenvalue weighted by molar-refractivity contribution is 9.10. The van der Waals surface area contributed by atoms with E-state index >= 15 is 0 Å². The normalized spacial score (nSPS) is 15.6. The van der Waals surface area contributed by atoms with Crippen LogP contribution in [0.1, 0.15) is 5.76 Å². The molecule has 4 rings (SSSR count). The Morgan fingerprint density at radius 1 is 1.07 bits per heavy atom. The number of nitrogens with zero attached hydrogens (tertiary/aromatic N) is 1. The second-order valence-electron chi connectivity index (χ2n) is 5.71. The van der Waals surface area contributed by atoms with Gasteiger partial charge in [0, 0.05) is 20.5 Å². The quantitative estimate of drug-likeness (QED) is 0.274. The van der Waals surface area contributed by atoms with E-state index in [9.17, 15) is 4.79 Å². The summed E-state index contributed by atoms with van der Waals surface area (Å²) in [5.41, 5.74) is 0.743. The van der Waals surface area contributed by atoms with E-state index in [0.29, 0.717) is 20.0 Å². The number of halogens is 2. The first-order chi connectivity index (χ1) is 13.5. The molecule has 1 aliphatic heterocycles. The Kier molecular flexibility index (Phi) is 5.99. The van der Waals surface area contributed by atoms with Gasteiger partial charge in [0.25, 0.3) is 5.91 Å². The van der Waals surface area contributed by atoms with Crippen molar-refractivity contribution in [3.05, 3.63) is 80.8 Å². The maximum atomic E-state index is 12.8. The van der Waals surface area contributed by atoms with E-state index in [1.54, 1.807) is 6.08 Å². The van der Waals surface area contributed by atoms with E-state index < -0.39 is 0 Å². The standard InChI is InChI=1S/C20H11BrClNO2S3/c21-12-1-5-14(6-2-12)23-19(24)17(28-20(23)26)11-15-7-10-18(25-15)27-16-8-3-13(22)4-9-16/h1-11H/b17-11-. The van der Waals surface area contributed by atoms with Crippen molar-refractivity contribution in [2.45, 2.75) is 9.99 Å². The highest BCUT2D eigenvalue weighted by Crippen LogP contribution is 2.37. The van der Waals surface area contributed by atoms with Gasteiger partial charge in [-0.2, -0.15) is 0 Å². The zero-order valence-electron chi connectivity index (χ0n) is 14.1. The van der Waals surface area contributed by atoms with Crippen molar-refractivity contribution in [2.75, 3.05) is 4.90 Å². The summed E-state index contributed by atoms with van der Waals surface area (Å²) in [5, 5.41) is 1.43. The molecule has 0 bridgehead atoms. The average molecular weight is 509 g/mol. The van der Waals surface area contributed by atoms with Crippen LogP contribution in [0.15, 0.2) is 84.4 Å². The lowest BCUT2D eigenvalue weighted by Gasteiger charge is -2.14. The molecule has 1 fully saturated rings. The Labute approximate surface area is 189 Å². The van der Waals surface area contributed by atoms with Gasteiger partial charge in [-0.3, -0.25) is 9.69 Å². The molecule has 0 spiro atoms. The minimum atomic E-state index is -0.152. The van der Waals surface area contributed by atoms with E-state index in [4.69, 9.17) is 28.2 Å². The number of carbonyl (C=O) groups excluding carboxylic acids is 1. The van der Waals surface area contributed by atoms with Crippen LogP contribution in [0.4, 0.5) is 5.69 Å². The van der Waals surface area contributed by atoms with Crippen molar-refractivity contribution >= 4 is 85.3 Å². The molecule has 0 aliphatic carbocycles. The van der Waals surface area contributed by atoms with Crippen molar-refractivity contribution in [1.29, 1.82) is 0 Å². The first-order valence-electron chi connectivity index (χ1n) is 8.06. The summed E-state index contributed by atoms with van der Waals surface area (Å²) in [6, 6.07) is 18.7. The predicted octanol–water partition coefficient (Wildman–Crippen LogP) is 7.25. The van der Waals surface area contributed by atoms with Crippen molar-refractivity contribution in [3.63, 3.8) is 0 Å². The van der Waals surface area contributed by atoms with Crippen LogP contribution >= 0.6 is 63.3 Å². The van der Waals surface area contributed by atoms with Gasteiger partial charge < -0.3 is 4.42 Å². The van der Waals surface area contributed by atoms with Crippen LogP contribution in [0, 0.1) is 0 Å². The number of amides is 1. The van der Waals surface area contributed by atoms with Crippen LogP contribution in [0.25, 0.3) is 6.08 Å². The number of hydrogen-bond donors (Lipinski definition) is 0. The zero-order chi connectivity index (χ0) is 19.7. The smallest absolute Gasteiger partial charge is 0.270 e. The lowest BCUT2D eigenvalue weighted by molar-refractivity contribution is -0.113. The van der Waals surface area contributed by atoms with Crippen LogP contribution in [-0.2, 0) is 4.79 Å². The molecule has 0 unspecified atom stereocenters. The number of thioether (sulfide) groups is 1. The molecule has 28 heavy (non-hydrogen) atoms. The number of anilines is 1. The van der Waals surface area contributed by atoms with Gasteiger partial charge in [0.2, 0.25) is 0 Å². The van der Waals surface area contributed by atoms with Gasteiger partial charge in [-0.05, 0) is 60.7 Å². The minimum Gasteiger partial charge on any atom is -0.450 e. The zero-order valence-corrected chi connectivity index (χ0v) is 18.9. The van der Waals surface area contributed by atoms with Gasteiger partial charge in [-0.15, -0.1) is 0 Å². The fraction of sp³-hybridized carbons (Fsp3) is 0. The van der Waals surface area contributed by atoms with Crippen LogP contribution in [0.2, 0.25) is 5.02 Å². The second-order valence-corrected chi connectivity index (χ2v) is 9.81. The second kappa shape index (κ2) is 8.47. The van der Waals surface area contributed by atoms with Crippen molar-refractivity contribution in [1.82, 2.24) is 0 Å². The lowest BCUT2D eigenvalue weighted by Crippen LogP contribution is -2.27. The van der Waals surface area contributed by atoms with Crippen molar-refractivity contribution in [3.8, 4) is 0 Å². The molecular formula is C20H11BrClNO2S3. The number of benzene rings is 2. The molecule has 1 saturated heterocycles. The Balaban J connectivity index is 1.52. The van der Waals surface area contributed by atoms with Crippen LogP contribution in [0.5, 0.6) is 0 Å². The molecule has 3 nitrogen and oxygen atoms in total. The molecular weight excluding hydrogens is 498 g/mol. The molecule has 0 saturated carbocycles. The summed E-state index contributed by atoms with van der Waals surface area (Å²) in [6.45, 7) is 0. The van der Waals surface area contributed by atoms with Gasteiger partial charge >= 0.3 is 0 Å². The highest BCUT2D eigenvalue weighted by atomic mass is 79.9. The van der Waals surface area contributed by atoms with Crippen LogP contribution < -0.4 is 4.90 Å². The summed E-state index contributed by atoms with van der Waals surface area (Å²) >= 11 is 17.5. The largest absolute Gasteiger partial charge is 0.450 e. The molecule has 8 heteroatoms. The van der Waals surface area contributed by atoms with Crippen LogP contribution in [0.3, 0.4) is 0 Å². The Morgan fingerprint density at radius 3 is 2.50 bits per heavy atom. The van der Waals surface area contributed by atoms with Crippen molar-refractivity contribution < 1.29 is 9.21 Å². The minimum absolute atomic E-state index is 0.152. The molecule has 0 radical (unpaired) electrons. The van der Waals surface area contributed by atoms with Crippen LogP contribution in [-0.4, -0.2) is 10.2 Å². The first-order valence-corrected chi connectivity index (χ1v) is 11.3. The SMILES string of the molecule is O=C1/C(=C/c2ccc(Sc3ccc(Cl)cc3)o2)SC(=S)N1c1ccc(Br)cc1. The van der Waals surface area contributed by atoms with Gasteiger partial charge in [0.1, 0.15) is 5.76 Å². The number of carbonyl (C=O) groups is 1. The molecule has 0 N–H and O–H groups in total. The van der Waals surface area contributed by atoms with Gasteiger partial charge in [0.05, 0.1) is 10.6 Å². The number of thiocarbonyl (C=S) groups is 1. The third-order valence-corrected chi connectivity index (χ3v) is 6.80. The third-order valence-electron chi connectivity index (χ3n) is 3.79. The molecule has 140 valence electrons. The molecule has 2 heterocycles. The summed E-state index contributed by atoms with van der Waals surface area (Å²) < 4.78 is 7.28. The number of hydrogen-bond acceptors (Lipinski definition) is 5. The van der Waals surface area contributed by atoms with E-state index in [1.165, 1.54) is 28.4 Å². The molecule has 1 aromatic heterocycles. The fourth-order valence-corrected chi connectivity index (χ4v) is 4.94. The topological polar surface area (TPSA) is 33.5 Å². The van der Waals surface area contributed by atoms with E-state index in [1.807, 2.05) is 60.7 Å². The summed E-state index contributed by atoms with van der Waals surface area (Å²) in [6.07, 6.45) is 1.73. The number of furan rings is 1. The van der Waals surface area contributed by atoms with Gasteiger partial charge in [-0.25, -0.2) is 0 Å². The molecule has 0 atom stereocenters. The Bertz CT molecular complexity index is 1080. The van der Waals surface area contributed by atoms with Gasteiger partial charge in [0.15, 0.2) is 9.41 Å². The maximum Gasteiger partial charge on any atom is 0.270 e. The summed E-state index contributed by atoms with van der Waals surface area (Å²) in [7, 11) is 0.